The maximum Gasteiger partial charge on any atom is 0.326 e. The van der Waals surface area contributed by atoms with E-state index in [9.17, 15) is 19.2 Å². The van der Waals surface area contributed by atoms with Crippen LogP contribution in [0.5, 0.6) is 0 Å². The van der Waals surface area contributed by atoms with Crippen molar-refractivity contribution in [1.82, 2.24) is 15.5 Å². The molecule has 4 rings (SSSR count). The Morgan fingerprint density at radius 1 is 1.14 bits per heavy atom. The molecule has 1 heterocycles. The lowest BCUT2D eigenvalue weighted by Crippen LogP contribution is -2.50. The third-order valence-corrected chi connectivity index (χ3v) is 8.21. The van der Waals surface area contributed by atoms with E-state index in [-0.39, 0.29) is 17.4 Å². The fourth-order valence-electron chi connectivity index (χ4n) is 5.85. The molecule has 2 fully saturated rings. The zero-order chi connectivity index (χ0) is 26.1. The SMILES string of the molecule is CC(NC(=O)COC(=O)CN1C(=O)NC2(CCC(C(C)(C)C)CC2)C1=O)c1ccc2c(c1)CCCC2. The molecule has 1 aliphatic heterocycles. The maximum atomic E-state index is 13.1. The van der Waals surface area contributed by atoms with E-state index in [0.717, 1.165) is 36.1 Å². The van der Waals surface area contributed by atoms with Crippen LogP contribution in [0.2, 0.25) is 0 Å². The molecular weight excluding hydrogens is 458 g/mol. The third kappa shape index (κ3) is 5.57. The van der Waals surface area contributed by atoms with Crippen molar-refractivity contribution < 1.29 is 23.9 Å². The zero-order valence-electron chi connectivity index (χ0n) is 21.9. The Bertz CT molecular complexity index is 1040. The Hall–Kier alpha value is -2.90. The number of esters is 1. The van der Waals surface area contributed by atoms with Crippen LogP contribution < -0.4 is 10.6 Å². The second-order valence-corrected chi connectivity index (χ2v) is 11.7. The van der Waals surface area contributed by atoms with E-state index in [0.29, 0.717) is 18.8 Å². The zero-order valence-corrected chi connectivity index (χ0v) is 21.9. The fourth-order valence-corrected chi connectivity index (χ4v) is 5.85. The van der Waals surface area contributed by atoms with Crippen molar-refractivity contribution >= 4 is 23.8 Å². The molecule has 1 saturated heterocycles. The summed E-state index contributed by atoms with van der Waals surface area (Å²) in [5, 5.41) is 5.68. The van der Waals surface area contributed by atoms with Crippen LogP contribution in [0.3, 0.4) is 0 Å². The lowest BCUT2D eigenvalue weighted by molar-refractivity contribution is -0.151. The Balaban J connectivity index is 1.25. The van der Waals surface area contributed by atoms with Gasteiger partial charge in [-0.1, -0.05) is 39.0 Å². The predicted octanol–water partition coefficient (Wildman–Crippen LogP) is 3.81. The summed E-state index contributed by atoms with van der Waals surface area (Å²) in [7, 11) is 0. The number of nitrogens with zero attached hydrogens (tertiary/aromatic N) is 1. The van der Waals surface area contributed by atoms with Crippen molar-refractivity contribution in [2.45, 2.75) is 90.6 Å². The van der Waals surface area contributed by atoms with Gasteiger partial charge in [0, 0.05) is 0 Å². The topological polar surface area (TPSA) is 105 Å². The number of carbonyl (C=O) groups is 4. The number of fused-ring (bicyclic) bond motifs is 1. The molecule has 4 amide bonds. The number of benzene rings is 1. The van der Waals surface area contributed by atoms with Gasteiger partial charge in [0.05, 0.1) is 6.04 Å². The summed E-state index contributed by atoms with van der Waals surface area (Å²) in [5.74, 6) is -1.10. The molecule has 0 bridgehead atoms. The Kier molecular flexibility index (Phi) is 7.43. The van der Waals surface area contributed by atoms with Crippen LogP contribution in [0, 0.1) is 11.3 Å². The van der Waals surface area contributed by atoms with Gasteiger partial charge in [0.25, 0.3) is 11.8 Å². The van der Waals surface area contributed by atoms with Gasteiger partial charge in [-0.15, -0.1) is 0 Å². The molecule has 1 aromatic rings. The Labute approximate surface area is 213 Å². The van der Waals surface area contributed by atoms with Crippen molar-refractivity contribution in [3.05, 3.63) is 34.9 Å². The normalized spacial score (nSPS) is 24.8. The van der Waals surface area contributed by atoms with E-state index in [1.807, 2.05) is 13.0 Å². The number of carbonyl (C=O) groups excluding carboxylic acids is 4. The van der Waals surface area contributed by atoms with Gasteiger partial charge in [0.2, 0.25) is 0 Å². The second-order valence-electron chi connectivity index (χ2n) is 11.7. The van der Waals surface area contributed by atoms with Gasteiger partial charge in [-0.25, -0.2) is 4.79 Å². The minimum atomic E-state index is -0.930. The van der Waals surface area contributed by atoms with Crippen LogP contribution in [0.4, 0.5) is 4.79 Å². The minimum absolute atomic E-state index is 0.148. The molecule has 1 saturated carbocycles. The van der Waals surface area contributed by atoms with Crippen molar-refractivity contribution in [3.63, 3.8) is 0 Å². The Morgan fingerprint density at radius 2 is 1.81 bits per heavy atom. The largest absolute Gasteiger partial charge is 0.454 e. The number of nitrogens with one attached hydrogen (secondary N) is 2. The van der Waals surface area contributed by atoms with Crippen LogP contribution in [0.1, 0.15) is 89.0 Å². The van der Waals surface area contributed by atoms with Crippen molar-refractivity contribution in [2.24, 2.45) is 11.3 Å². The van der Waals surface area contributed by atoms with Gasteiger partial charge in [0.1, 0.15) is 12.1 Å². The summed E-state index contributed by atoms with van der Waals surface area (Å²) in [6.07, 6.45) is 7.37. The van der Waals surface area contributed by atoms with Gasteiger partial charge in [-0.3, -0.25) is 19.3 Å². The first kappa shape index (κ1) is 26.2. The summed E-state index contributed by atoms with van der Waals surface area (Å²) >= 11 is 0. The number of imide groups is 1. The van der Waals surface area contributed by atoms with Gasteiger partial charge in [0.15, 0.2) is 6.61 Å². The van der Waals surface area contributed by atoms with E-state index in [4.69, 9.17) is 4.74 Å². The molecule has 1 spiro atoms. The van der Waals surface area contributed by atoms with E-state index in [1.165, 1.54) is 24.0 Å². The van der Waals surface area contributed by atoms with Crippen molar-refractivity contribution in [3.8, 4) is 0 Å². The lowest BCUT2D eigenvalue weighted by atomic mass is 9.67. The number of amides is 4. The van der Waals surface area contributed by atoms with Gasteiger partial charge in [-0.05, 0) is 86.3 Å². The van der Waals surface area contributed by atoms with Crippen LogP contribution in [-0.4, -0.2) is 47.4 Å². The molecule has 1 unspecified atom stereocenters. The maximum absolute atomic E-state index is 13.1. The molecule has 196 valence electrons. The number of rotatable bonds is 6. The first-order valence-electron chi connectivity index (χ1n) is 13.2. The van der Waals surface area contributed by atoms with E-state index >= 15 is 0 Å². The minimum Gasteiger partial charge on any atom is -0.454 e. The molecule has 8 heteroatoms. The highest BCUT2D eigenvalue weighted by Gasteiger charge is 2.53. The lowest BCUT2D eigenvalue weighted by Gasteiger charge is -2.40. The van der Waals surface area contributed by atoms with Crippen molar-refractivity contribution in [2.75, 3.05) is 13.2 Å². The third-order valence-electron chi connectivity index (χ3n) is 8.21. The van der Waals surface area contributed by atoms with Crippen LogP contribution in [-0.2, 0) is 32.0 Å². The van der Waals surface area contributed by atoms with E-state index in [2.05, 4.69) is 43.5 Å². The summed E-state index contributed by atoms with van der Waals surface area (Å²) in [6, 6.07) is 5.51. The van der Waals surface area contributed by atoms with Gasteiger partial charge >= 0.3 is 12.0 Å². The van der Waals surface area contributed by atoms with Crippen molar-refractivity contribution in [1.29, 1.82) is 0 Å². The molecule has 3 aliphatic rings. The van der Waals surface area contributed by atoms with E-state index in [1.54, 1.807) is 0 Å². The molecule has 1 atom stereocenters. The van der Waals surface area contributed by atoms with Crippen LogP contribution in [0.15, 0.2) is 18.2 Å². The quantitative estimate of drug-likeness (QED) is 0.459. The van der Waals surface area contributed by atoms with Crippen LogP contribution >= 0.6 is 0 Å². The number of ether oxygens (including phenoxy) is 1. The highest BCUT2D eigenvalue weighted by atomic mass is 16.5. The molecule has 1 aromatic carbocycles. The summed E-state index contributed by atoms with van der Waals surface area (Å²) in [4.78, 5) is 51.3. The molecule has 0 aromatic heterocycles. The number of hydrogen-bond acceptors (Lipinski definition) is 5. The molecule has 36 heavy (non-hydrogen) atoms. The summed E-state index contributed by atoms with van der Waals surface area (Å²) in [5.41, 5.74) is 2.95. The average molecular weight is 498 g/mol. The predicted molar refractivity (Wildman–Crippen MR) is 135 cm³/mol. The summed E-state index contributed by atoms with van der Waals surface area (Å²) in [6.45, 7) is 7.51. The van der Waals surface area contributed by atoms with Gasteiger partial charge in [-0.2, -0.15) is 0 Å². The number of aryl methyl sites for hydroxylation is 2. The van der Waals surface area contributed by atoms with Gasteiger partial charge < -0.3 is 15.4 Å². The highest BCUT2D eigenvalue weighted by Crippen LogP contribution is 2.43. The fraction of sp³-hybridized carbons (Fsp3) is 0.643. The second kappa shape index (κ2) is 10.2. The first-order valence-corrected chi connectivity index (χ1v) is 13.2. The molecule has 2 N–H and O–H groups in total. The number of urea groups is 1. The highest BCUT2D eigenvalue weighted by molar-refractivity contribution is 6.08. The van der Waals surface area contributed by atoms with Crippen LogP contribution in [0.25, 0.3) is 0 Å². The Morgan fingerprint density at radius 3 is 2.47 bits per heavy atom. The number of hydrogen-bond donors (Lipinski definition) is 2. The smallest absolute Gasteiger partial charge is 0.326 e. The molecule has 8 nitrogen and oxygen atoms in total. The molecule has 2 aliphatic carbocycles. The molecular formula is C28H39N3O5. The van der Waals surface area contributed by atoms with E-state index < -0.39 is 36.6 Å². The summed E-state index contributed by atoms with van der Waals surface area (Å²) < 4.78 is 5.10. The average Bonchev–Trinajstić information content (AvgIpc) is 3.05. The standard InChI is InChI=1S/C28H39N3O5/c1-18(20-10-9-19-7-5-6-8-21(19)15-20)29-23(32)17-36-24(33)16-31-25(34)28(30-26(31)35)13-11-22(12-14-28)27(2,3)4/h9-10,15,18,22H,5-8,11-14,16-17H2,1-4H3,(H,29,32)(H,30,35). The monoisotopic (exact) mass is 497 g/mol. The molecule has 0 radical (unpaired) electrons. The first-order chi connectivity index (χ1) is 17.0.